The van der Waals surface area contributed by atoms with Crippen molar-refractivity contribution in [1.82, 2.24) is 0 Å². The molecule has 0 aromatic heterocycles. The molecule has 1 aromatic carbocycles. The van der Waals surface area contributed by atoms with Gasteiger partial charge in [0.25, 0.3) is 0 Å². The summed E-state index contributed by atoms with van der Waals surface area (Å²) in [4.78, 5) is 12.5. The summed E-state index contributed by atoms with van der Waals surface area (Å²) in [6.07, 6.45) is 5.64. The molecule has 0 amide bonds. The van der Waals surface area contributed by atoms with Gasteiger partial charge in [0, 0.05) is 9.33 Å². The van der Waals surface area contributed by atoms with Crippen molar-refractivity contribution in [2.24, 2.45) is 0 Å². The number of allylic oxidation sites excluding steroid dienone is 1. The van der Waals surface area contributed by atoms with Crippen LogP contribution in [0.3, 0.4) is 0 Å². The second-order valence-corrected chi connectivity index (χ2v) is 8.57. The summed E-state index contributed by atoms with van der Waals surface area (Å²) in [5.41, 5.74) is 1.05. The van der Waals surface area contributed by atoms with Gasteiger partial charge >= 0.3 is 5.97 Å². The summed E-state index contributed by atoms with van der Waals surface area (Å²) in [5.74, 6) is -0.274. The lowest BCUT2D eigenvalue weighted by atomic mass is 9.95. The Bertz CT molecular complexity index is 603. The van der Waals surface area contributed by atoms with Crippen molar-refractivity contribution in [3.8, 4) is 0 Å². The molecule has 22 heavy (non-hydrogen) atoms. The van der Waals surface area contributed by atoms with Gasteiger partial charge in [-0.1, -0.05) is 30.9 Å². The molecule has 0 saturated carbocycles. The Kier molecular flexibility index (Phi) is 4.94. The van der Waals surface area contributed by atoms with Gasteiger partial charge in [0.1, 0.15) is 0 Å². The summed E-state index contributed by atoms with van der Waals surface area (Å²) in [6.45, 7) is 4.85. The molecular formula is C17H17IO3S. The highest BCUT2D eigenvalue weighted by atomic mass is 127. The average molecular weight is 428 g/mol. The van der Waals surface area contributed by atoms with Crippen LogP contribution in [-0.4, -0.2) is 30.0 Å². The summed E-state index contributed by atoms with van der Waals surface area (Å²) in [6, 6.07) is 7.31. The van der Waals surface area contributed by atoms with E-state index in [0.717, 1.165) is 18.4 Å². The van der Waals surface area contributed by atoms with Gasteiger partial charge in [-0.25, -0.2) is 4.79 Å². The molecule has 0 spiro atoms. The predicted octanol–water partition coefficient (Wildman–Crippen LogP) is 4.43. The predicted molar refractivity (Wildman–Crippen MR) is 98.2 cm³/mol. The van der Waals surface area contributed by atoms with Gasteiger partial charge in [0.15, 0.2) is 5.60 Å². The molecule has 3 rings (SSSR count). The van der Waals surface area contributed by atoms with Crippen LogP contribution >= 0.6 is 34.4 Å². The van der Waals surface area contributed by atoms with E-state index in [1.54, 1.807) is 30.0 Å². The summed E-state index contributed by atoms with van der Waals surface area (Å²) in [5, 5.41) is 0.248. The van der Waals surface area contributed by atoms with Crippen LogP contribution in [0.4, 0.5) is 0 Å². The fraction of sp³-hybridized carbons (Fsp3) is 0.353. The molecule has 1 aromatic rings. The molecule has 5 heteroatoms. The number of carbonyl (C=O) groups is 1. The highest BCUT2D eigenvalue weighted by molar-refractivity contribution is 14.1. The zero-order chi connectivity index (χ0) is 15.6. The number of hydrogen-bond acceptors (Lipinski definition) is 4. The van der Waals surface area contributed by atoms with Crippen LogP contribution in [0.5, 0.6) is 0 Å². The molecule has 2 unspecified atom stereocenters. The minimum atomic E-state index is -0.512. The van der Waals surface area contributed by atoms with Crippen LogP contribution < -0.4 is 0 Å². The zero-order valence-corrected chi connectivity index (χ0v) is 15.1. The molecule has 2 heterocycles. The van der Waals surface area contributed by atoms with Crippen LogP contribution in [0.25, 0.3) is 6.08 Å². The smallest absolute Gasteiger partial charge is 0.338 e. The van der Waals surface area contributed by atoms with E-state index in [2.05, 4.69) is 35.2 Å². The monoisotopic (exact) mass is 428 g/mol. The molecular weight excluding hydrogens is 411 g/mol. The number of hydrogen-bond donors (Lipinski definition) is 0. The van der Waals surface area contributed by atoms with Crippen molar-refractivity contribution in [3.05, 3.63) is 51.0 Å². The standard InChI is InChI=1S/C17H17IO3S/c1-2-12-3-5-13(6-4-12)16(19)21-17(9-10-20-11-17)14-7-8-15(18)22-14/h2-6,8,14H,1,7,9-11H2. The van der Waals surface area contributed by atoms with Crippen molar-refractivity contribution < 1.29 is 14.3 Å². The minimum absolute atomic E-state index is 0.248. The Morgan fingerprint density at radius 1 is 1.45 bits per heavy atom. The van der Waals surface area contributed by atoms with E-state index in [-0.39, 0.29) is 11.2 Å². The molecule has 0 bridgehead atoms. The number of ether oxygens (including phenoxy) is 2. The van der Waals surface area contributed by atoms with Crippen molar-refractivity contribution in [3.63, 3.8) is 0 Å². The molecule has 1 fully saturated rings. The van der Waals surface area contributed by atoms with Crippen LogP contribution in [0, 0.1) is 0 Å². The number of rotatable bonds is 4. The normalized spacial score (nSPS) is 27.5. The number of esters is 1. The van der Waals surface area contributed by atoms with Gasteiger partial charge in [-0.3, -0.25) is 0 Å². The molecule has 0 N–H and O–H groups in total. The van der Waals surface area contributed by atoms with Crippen molar-refractivity contribution >= 4 is 46.4 Å². The van der Waals surface area contributed by atoms with E-state index in [1.807, 2.05) is 12.1 Å². The van der Waals surface area contributed by atoms with Crippen LogP contribution in [0.2, 0.25) is 0 Å². The highest BCUT2D eigenvalue weighted by Gasteiger charge is 2.47. The quantitative estimate of drug-likeness (QED) is 0.525. The van der Waals surface area contributed by atoms with E-state index in [9.17, 15) is 4.79 Å². The van der Waals surface area contributed by atoms with E-state index < -0.39 is 5.60 Å². The van der Waals surface area contributed by atoms with Crippen LogP contribution in [-0.2, 0) is 9.47 Å². The molecule has 0 aliphatic carbocycles. The van der Waals surface area contributed by atoms with Crippen LogP contribution in [0.1, 0.15) is 28.8 Å². The molecule has 2 atom stereocenters. The topological polar surface area (TPSA) is 35.5 Å². The molecule has 2 aliphatic heterocycles. The van der Waals surface area contributed by atoms with Gasteiger partial charge in [-0.05, 0) is 46.7 Å². The molecule has 2 aliphatic rings. The van der Waals surface area contributed by atoms with Crippen molar-refractivity contribution in [2.75, 3.05) is 13.2 Å². The fourth-order valence-electron chi connectivity index (χ4n) is 2.71. The second-order valence-electron chi connectivity index (χ2n) is 5.43. The van der Waals surface area contributed by atoms with Gasteiger partial charge in [-0.2, -0.15) is 0 Å². The molecule has 0 radical (unpaired) electrons. The molecule has 116 valence electrons. The average Bonchev–Trinajstić information content (AvgIpc) is 3.17. The number of benzene rings is 1. The summed E-state index contributed by atoms with van der Waals surface area (Å²) < 4.78 is 12.8. The van der Waals surface area contributed by atoms with Gasteiger partial charge in [-0.15, -0.1) is 11.8 Å². The van der Waals surface area contributed by atoms with Crippen molar-refractivity contribution in [2.45, 2.75) is 23.7 Å². The first-order valence-corrected chi connectivity index (χ1v) is 9.15. The van der Waals surface area contributed by atoms with Gasteiger partial charge < -0.3 is 9.47 Å². The number of carbonyl (C=O) groups excluding carboxylic acids is 1. The SMILES string of the molecule is C=Cc1ccc(C(=O)OC2(C3CC=C(I)S3)CCOC2)cc1. The first-order chi connectivity index (χ1) is 10.6. The van der Waals surface area contributed by atoms with E-state index >= 15 is 0 Å². The Labute approximate surface area is 148 Å². The molecule has 3 nitrogen and oxygen atoms in total. The maximum Gasteiger partial charge on any atom is 0.338 e. The van der Waals surface area contributed by atoms with Crippen molar-refractivity contribution in [1.29, 1.82) is 0 Å². The third-order valence-corrected chi connectivity index (χ3v) is 6.53. The fourth-order valence-corrected chi connectivity index (χ4v) is 5.00. The highest BCUT2D eigenvalue weighted by Crippen LogP contribution is 2.46. The first kappa shape index (κ1) is 16.1. The minimum Gasteiger partial charge on any atom is -0.452 e. The molecule has 1 saturated heterocycles. The second kappa shape index (κ2) is 6.76. The number of thioether (sulfide) groups is 1. The third kappa shape index (κ3) is 3.26. The summed E-state index contributed by atoms with van der Waals surface area (Å²) in [7, 11) is 0. The Balaban J connectivity index is 1.75. The Hall–Kier alpha value is -0.790. The van der Waals surface area contributed by atoms with Crippen LogP contribution in [0.15, 0.2) is 39.8 Å². The Morgan fingerprint density at radius 3 is 2.77 bits per heavy atom. The maximum absolute atomic E-state index is 12.5. The lowest BCUT2D eigenvalue weighted by Crippen LogP contribution is -2.44. The van der Waals surface area contributed by atoms with E-state index in [4.69, 9.17) is 9.47 Å². The van der Waals surface area contributed by atoms with Gasteiger partial charge in [0.05, 0.1) is 24.0 Å². The zero-order valence-electron chi connectivity index (χ0n) is 12.1. The Morgan fingerprint density at radius 2 is 2.23 bits per heavy atom. The van der Waals surface area contributed by atoms with E-state index in [0.29, 0.717) is 18.8 Å². The lowest BCUT2D eigenvalue weighted by molar-refractivity contribution is -0.0230. The first-order valence-electron chi connectivity index (χ1n) is 7.19. The lowest BCUT2D eigenvalue weighted by Gasteiger charge is -2.33. The largest absolute Gasteiger partial charge is 0.452 e. The summed E-state index contributed by atoms with van der Waals surface area (Å²) >= 11 is 4.11. The number of halogens is 1. The maximum atomic E-state index is 12.5. The third-order valence-electron chi connectivity index (χ3n) is 4.03. The van der Waals surface area contributed by atoms with Gasteiger partial charge in [0.2, 0.25) is 0 Å². The van der Waals surface area contributed by atoms with E-state index in [1.165, 1.54) is 2.91 Å².